The molecule has 0 radical (unpaired) electrons. The second kappa shape index (κ2) is 5.26. The first kappa shape index (κ1) is 13.3. The van der Waals surface area contributed by atoms with Crippen molar-refractivity contribution in [1.29, 1.82) is 0 Å². The second-order valence-electron chi connectivity index (χ2n) is 4.56. The van der Waals surface area contributed by atoms with Crippen LogP contribution in [0.25, 0.3) is 0 Å². The zero-order valence-corrected chi connectivity index (χ0v) is 9.86. The third-order valence-electron chi connectivity index (χ3n) is 3.27. The summed E-state index contributed by atoms with van der Waals surface area (Å²) in [4.78, 5) is 0. The van der Waals surface area contributed by atoms with Crippen molar-refractivity contribution in [3.63, 3.8) is 0 Å². The number of halogens is 4. The van der Waals surface area contributed by atoms with E-state index >= 15 is 0 Å². The van der Waals surface area contributed by atoms with Gasteiger partial charge in [-0.3, -0.25) is 0 Å². The fourth-order valence-electron chi connectivity index (χ4n) is 2.33. The molecule has 1 aliphatic heterocycles. The fourth-order valence-corrected chi connectivity index (χ4v) is 2.33. The van der Waals surface area contributed by atoms with Crippen molar-refractivity contribution in [2.45, 2.75) is 37.9 Å². The summed E-state index contributed by atoms with van der Waals surface area (Å²) in [5.41, 5.74) is -1.04. The molecule has 18 heavy (non-hydrogen) atoms. The SMILES string of the molecule is Fc1c(C2CCCCCN2)cccc1C(F)(F)F. The van der Waals surface area contributed by atoms with Crippen molar-refractivity contribution in [2.75, 3.05) is 6.54 Å². The van der Waals surface area contributed by atoms with Crippen LogP contribution in [-0.4, -0.2) is 6.54 Å². The van der Waals surface area contributed by atoms with E-state index in [1.165, 1.54) is 12.1 Å². The lowest BCUT2D eigenvalue weighted by molar-refractivity contribution is -0.140. The van der Waals surface area contributed by atoms with Gasteiger partial charge in [-0.15, -0.1) is 0 Å². The molecular formula is C13H15F4N. The van der Waals surface area contributed by atoms with E-state index < -0.39 is 17.6 Å². The summed E-state index contributed by atoms with van der Waals surface area (Å²) in [5, 5.41) is 3.11. The van der Waals surface area contributed by atoms with Crippen molar-refractivity contribution in [2.24, 2.45) is 0 Å². The van der Waals surface area contributed by atoms with E-state index in [-0.39, 0.29) is 11.6 Å². The van der Waals surface area contributed by atoms with Gasteiger partial charge in [-0.25, -0.2) is 4.39 Å². The van der Waals surface area contributed by atoms with Gasteiger partial charge in [-0.2, -0.15) is 13.2 Å². The van der Waals surface area contributed by atoms with Gasteiger partial charge >= 0.3 is 6.18 Å². The van der Waals surface area contributed by atoms with Crippen LogP contribution in [-0.2, 0) is 6.18 Å². The highest BCUT2D eigenvalue weighted by atomic mass is 19.4. The number of hydrogen-bond acceptors (Lipinski definition) is 1. The van der Waals surface area contributed by atoms with Gasteiger partial charge in [-0.05, 0) is 25.5 Å². The monoisotopic (exact) mass is 261 g/mol. The highest BCUT2D eigenvalue weighted by Crippen LogP contribution is 2.35. The van der Waals surface area contributed by atoms with Gasteiger partial charge in [-0.1, -0.05) is 25.0 Å². The maximum Gasteiger partial charge on any atom is 0.419 e. The minimum atomic E-state index is -4.63. The summed E-state index contributed by atoms with van der Waals surface area (Å²) in [6.07, 6.45) is -1.03. The first-order chi connectivity index (χ1) is 8.50. The van der Waals surface area contributed by atoms with Crippen LogP contribution in [0.5, 0.6) is 0 Å². The minimum Gasteiger partial charge on any atom is -0.310 e. The van der Waals surface area contributed by atoms with E-state index in [1.807, 2.05) is 0 Å². The molecule has 5 heteroatoms. The molecule has 1 N–H and O–H groups in total. The lowest BCUT2D eigenvalue weighted by Gasteiger charge is -2.19. The van der Waals surface area contributed by atoms with Crippen LogP contribution in [0.4, 0.5) is 17.6 Å². The summed E-state index contributed by atoms with van der Waals surface area (Å²) in [5.74, 6) is -1.13. The van der Waals surface area contributed by atoms with Gasteiger partial charge in [0.05, 0.1) is 5.56 Å². The highest BCUT2D eigenvalue weighted by molar-refractivity contribution is 5.30. The Morgan fingerprint density at radius 2 is 1.89 bits per heavy atom. The molecule has 0 aliphatic carbocycles. The maximum atomic E-state index is 13.9. The summed E-state index contributed by atoms with van der Waals surface area (Å²) < 4.78 is 51.8. The number of nitrogens with one attached hydrogen (secondary N) is 1. The van der Waals surface area contributed by atoms with Crippen molar-refractivity contribution >= 4 is 0 Å². The summed E-state index contributed by atoms with van der Waals surface area (Å²) in [7, 11) is 0. The molecule has 1 aliphatic rings. The predicted molar refractivity (Wildman–Crippen MR) is 60.6 cm³/mol. The van der Waals surface area contributed by atoms with E-state index in [0.717, 1.165) is 31.9 Å². The maximum absolute atomic E-state index is 13.9. The zero-order chi connectivity index (χ0) is 13.2. The first-order valence-corrected chi connectivity index (χ1v) is 6.09. The lowest BCUT2D eigenvalue weighted by atomic mass is 9.99. The molecule has 100 valence electrons. The van der Waals surface area contributed by atoms with Gasteiger partial charge < -0.3 is 5.32 Å². The molecule has 0 spiro atoms. The van der Waals surface area contributed by atoms with Crippen molar-refractivity contribution in [1.82, 2.24) is 5.32 Å². The highest BCUT2D eigenvalue weighted by Gasteiger charge is 2.35. The molecule has 0 bridgehead atoms. The van der Waals surface area contributed by atoms with Gasteiger partial charge in [0, 0.05) is 11.6 Å². The number of rotatable bonds is 1. The van der Waals surface area contributed by atoms with Gasteiger partial charge in [0.25, 0.3) is 0 Å². The van der Waals surface area contributed by atoms with Crippen LogP contribution >= 0.6 is 0 Å². The van der Waals surface area contributed by atoms with Gasteiger partial charge in [0.1, 0.15) is 5.82 Å². The molecule has 1 fully saturated rings. The van der Waals surface area contributed by atoms with Crippen LogP contribution in [0.15, 0.2) is 18.2 Å². The van der Waals surface area contributed by atoms with E-state index in [1.54, 1.807) is 0 Å². The molecule has 1 atom stereocenters. The molecule has 0 aromatic heterocycles. The Hall–Kier alpha value is -1.10. The zero-order valence-electron chi connectivity index (χ0n) is 9.86. The van der Waals surface area contributed by atoms with Gasteiger partial charge in [0.15, 0.2) is 0 Å². The Morgan fingerprint density at radius 3 is 2.61 bits per heavy atom. The van der Waals surface area contributed by atoms with E-state index in [0.29, 0.717) is 6.42 Å². The number of benzene rings is 1. The Balaban J connectivity index is 2.33. The topological polar surface area (TPSA) is 12.0 Å². The quantitative estimate of drug-likeness (QED) is 0.752. The average Bonchev–Trinajstić information content (AvgIpc) is 2.56. The fraction of sp³-hybridized carbons (Fsp3) is 0.538. The molecule has 1 aromatic rings. The average molecular weight is 261 g/mol. The molecular weight excluding hydrogens is 246 g/mol. The van der Waals surface area contributed by atoms with Crippen molar-refractivity contribution in [3.8, 4) is 0 Å². The largest absolute Gasteiger partial charge is 0.419 e. The summed E-state index contributed by atoms with van der Waals surface area (Å²) >= 11 is 0. The first-order valence-electron chi connectivity index (χ1n) is 6.09. The van der Waals surface area contributed by atoms with E-state index in [4.69, 9.17) is 0 Å². The van der Waals surface area contributed by atoms with Crippen LogP contribution in [0.1, 0.15) is 42.9 Å². The van der Waals surface area contributed by atoms with Crippen LogP contribution in [0.3, 0.4) is 0 Å². The second-order valence-corrected chi connectivity index (χ2v) is 4.56. The third-order valence-corrected chi connectivity index (χ3v) is 3.27. The Morgan fingerprint density at radius 1 is 1.11 bits per heavy atom. The molecule has 0 saturated carbocycles. The number of alkyl halides is 3. The summed E-state index contributed by atoms with van der Waals surface area (Å²) in [6.45, 7) is 0.723. The van der Waals surface area contributed by atoms with Crippen LogP contribution in [0.2, 0.25) is 0 Å². The standard InChI is InChI=1S/C13H15F4N/c14-12-9(11-7-2-1-3-8-18-11)5-4-6-10(12)13(15,16)17/h4-6,11,18H,1-3,7-8H2. The normalized spacial score (nSPS) is 21.7. The Kier molecular flexibility index (Phi) is 3.90. The molecule has 2 rings (SSSR count). The van der Waals surface area contributed by atoms with Crippen molar-refractivity contribution in [3.05, 3.63) is 35.1 Å². The van der Waals surface area contributed by atoms with E-state index in [2.05, 4.69) is 5.32 Å². The minimum absolute atomic E-state index is 0.131. The van der Waals surface area contributed by atoms with E-state index in [9.17, 15) is 17.6 Å². The Labute approximate surface area is 103 Å². The molecule has 1 saturated heterocycles. The van der Waals surface area contributed by atoms with Crippen LogP contribution < -0.4 is 5.32 Å². The third kappa shape index (κ3) is 2.83. The molecule has 1 heterocycles. The Bertz CT molecular complexity index is 406. The molecule has 1 nitrogen and oxygen atoms in total. The smallest absolute Gasteiger partial charge is 0.310 e. The van der Waals surface area contributed by atoms with Gasteiger partial charge in [0.2, 0.25) is 0 Å². The lowest BCUT2D eigenvalue weighted by Crippen LogP contribution is -2.22. The molecule has 0 amide bonds. The molecule has 1 unspecified atom stereocenters. The van der Waals surface area contributed by atoms with Crippen LogP contribution in [0, 0.1) is 5.82 Å². The molecule has 1 aromatic carbocycles. The van der Waals surface area contributed by atoms with Crippen molar-refractivity contribution < 1.29 is 17.6 Å². The number of hydrogen-bond donors (Lipinski definition) is 1. The predicted octanol–water partition coefficient (Wildman–Crippen LogP) is 4.05. The summed E-state index contributed by atoms with van der Waals surface area (Å²) in [6, 6.07) is 3.19.